The van der Waals surface area contributed by atoms with Crippen molar-refractivity contribution in [2.24, 2.45) is 0 Å². The number of anilines is 1. The molecule has 3 nitrogen and oxygen atoms in total. The third kappa shape index (κ3) is 3.69. The second-order valence-corrected chi connectivity index (χ2v) is 4.26. The van der Waals surface area contributed by atoms with Gasteiger partial charge in [-0.3, -0.25) is 0 Å². The van der Waals surface area contributed by atoms with Gasteiger partial charge in [-0.2, -0.15) is 13.2 Å². The van der Waals surface area contributed by atoms with Crippen LogP contribution in [0.5, 0.6) is 0 Å². The van der Waals surface area contributed by atoms with Crippen LogP contribution >= 0.6 is 0 Å². The number of hydrogen-bond donors (Lipinski definition) is 0. The molecule has 0 bridgehead atoms. The van der Waals surface area contributed by atoms with Crippen molar-refractivity contribution in [3.8, 4) is 11.3 Å². The van der Waals surface area contributed by atoms with Crippen LogP contribution in [-0.4, -0.2) is 29.2 Å². The van der Waals surface area contributed by atoms with Crippen molar-refractivity contribution in [1.29, 1.82) is 0 Å². The Labute approximate surface area is 115 Å². The molecule has 1 aromatic heterocycles. The van der Waals surface area contributed by atoms with Crippen LogP contribution in [0.3, 0.4) is 0 Å². The Balaban J connectivity index is 2.29. The first-order valence-corrected chi connectivity index (χ1v) is 6.19. The fourth-order valence-corrected chi connectivity index (χ4v) is 1.86. The van der Waals surface area contributed by atoms with Crippen molar-refractivity contribution in [2.75, 3.05) is 18.0 Å². The zero-order valence-corrected chi connectivity index (χ0v) is 10.9. The Morgan fingerprint density at radius 3 is 2.40 bits per heavy atom. The number of benzene rings is 1. The molecule has 0 aliphatic heterocycles. The predicted molar refractivity (Wildman–Crippen MR) is 71.4 cm³/mol. The Morgan fingerprint density at radius 1 is 1.10 bits per heavy atom. The zero-order chi connectivity index (χ0) is 14.6. The van der Waals surface area contributed by atoms with Gasteiger partial charge in [0.15, 0.2) is 0 Å². The normalized spacial score (nSPS) is 11.4. The number of hydrogen-bond acceptors (Lipinski definition) is 3. The molecule has 20 heavy (non-hydrogen) atoms. The lowest BCUT2D eigenvalue weighted by Crippen LogP contribution is -2.34. The summed E-state index contributed by atoms with van der Waals surface area (Å²) in [6.07, 6.45) is -2.97. The molecule has 0 unspecified atom stereocenters. The first-order valence-electron chi connectivity index (χ1n) is 6.19. The van der Waals surface area contributed by atoms with E-state index in [1.165, 1.54) is 11.2 Å². The van der Waals surface area contributed by atoms with Gasteiger partial charge >= 0.3 is 6.18 Å². The van der Waals surface area contributed by atoms with Crippen LogP contribution in [0.15, 0.2) is 42.7 Å². The van der Waals surface area contributed by atoms with E-state index in [1.807, 2.05) is 30.3 Å². The molecule has 2 rings (SSSR count). The maximum atomic E-state index is 12.5. The van der Waals surface area contributed by atoms with E-state index in [0.717, 1.165) is 5.56 Å². The van der Waals surface area contributed by atoms with Gasteiger partial charge in [-0.25, -0.2) is 9.97 Å². The number of alkyl halides is 3. The lowest BCUT2D eigenvalue weighted by molar-refractivity contribution is -0.119. The van der Waals surface area contributed by atoms with Crippen molar-refractivity contribution in [1.82, 2.24) is 9.97 Å². The summed E-state index contributed by atoms with van der Waals surface area (Å²) < 4.78 is 37.6. The van der Waals surface area contributed by atoms with Crippen molar-refractivity contribution >= 4 is 5.82 Å². The van der Waals surface area contributed by atoms with Gasteiger partial charge in [0.1, 0.15) is 18.7 Å². The fourth-order valence-electron chi connectivity index (χ4n) is 1.86. The summed E-state index contributed by atoms with van der Waals surface area (Å²) in [6.45, 7) is 0.871. The van der Waals surface area contributed by atoms with E-state index in [0.29, 0.717) is 5.69 Å². The minimum Gasteiger partial charge on any atom is -0.348 e. The maximum absolute atomic E-state index is 12.5. The van der Waals surface area contributed by atoms with E-state index in [9.17, 15) is 13.2 Å². The van der Waals surface area contributed by atoms with Crippen molar-refractivity contribution in [3.05, 3.63) is 42.7 Å². The quantitative estimate of drug-likeness (QED) is 0.858. The van der Waals surface area contributed by atoms with Gasteiger partial charge in [-0.15, -0.1) is 0 Å². The van der Waals surface area contributed by atoms with Crippen LogP contribution in [0.25, 0.3) is 11.3 Å². The maximum Gasteiger partial charge on any atom is 0.405 e. The molecular formula is C14H14F3N3. The van der Waals surface area contributed by atoms with Gasteiger partial charge in [0.2, 0.25) is 0 Å². The monoisotopic (exact) mass is 281 g/mol. The molecule has 0 spiro atoms. The van der Waals surface area contributed by atoms with E-state index in [4.69, 9.17) is 0 Å². The van der Waals surface area contributed by atoms with E-state index in [2.05, 4.69) is 9.97 Å². The highest BCUT2D eigenvalue weighted by molar-refractivity contribution is 5.62. The molecule has 106 valence electrons. The van der Waals surface area contributed by atoms with Crippen molar-refractivity contribution in [2.45, 2.75) is 13.1 Å². The molecule has 2 aromatic rings. The standard InChI is InChI=1S/C14H14F3N3/c1-2-20(9-14(15,16)17)13-8-12(18-10-19-13)11-6-4-3-5-7-11/h3-8,10H,2,9H2,1H3. The summed E-state index contributed by atoms with van der Waals surface area (Å²) in [4.78, 5) is 9.21. The largest absolute Gasteiger partial charge is 0.405 e. The second-order valence-electron chi connectivity index (χ2n) is 4.26. The van der Waals surface area contributed by atoms with E-state index in [-0.39, 0.29) is 12.4 Å². The molecule has 0 radical (unpaired) electrons. The molecule has 0 fully saturated rings. The fraction of sp³-hybridized carbons (Fsp3) is 0.286. The zero-order valence-electron chi connectivity index (χ0n) is 10.9. The van der Waals surface area contributed by atoms with Gasteiger partial charge in [0.25, 0.3) is 0 Å². The number of rotatable bonds is 4. The third-order valence-corrected chi connectivity index (χ3v) is 2.80. The molecule has 1 aromatic carbocycles. The molecule has 0 amide bonds. The minimum absolute atomic E-state index is 0.227. The molecule has 0 saturated heterocycles. The predicted octanol–water partition coefficient (Wildman–Crippen LogP) is 3.53. The van der Waals surface area contributed by atoms with Gasteiger partial charge in [0.05, 0.1) is 5.69 Å². The highest BCUT2D eigenvalue weighted by Crippen LogP contribution is 2.23. The van der Waals surface area contributed by atoms with Crippen molar-refractivity contribution < 1.29 is 13.2 Å². The summed E-state index contributed by atoms with van der Waals surface area (Å²) in [6, 6.07) is 10.9. The molecule has 1 heterocycles. The number of halogens is 3. The summed E-state index contributed by atoms with van der Waals surface area (Å²) in [5.41, 5.74) is 1.45. The van der Waals surface area contributed by atoms with Crippen LogP contribution < -0.4 is 4.90 Å². The first-order chi connectivity index (χ1) is 9.49. The van der Waals surface area contributed by atoms with Gasteiger partial charge < -0.3 is 4.90 Å². The van der Waals surface area contributed by atoms with E-state index in [1.54, 1.807) is 13.0 Å². The smallest absolute Gasteiger partial charge is 0.348 e. The van der Waals surface area contributed by atoms with Gasteiger partial charge in [0, 0.05) is 18.2 Å². The molecule has 0 aliphatic rings. The van der Waals surface area contributed by atoms with E-state index >= 15 is 0 Å². The highest BCUT2D eigenvalue weighted by Gasteiger charge is 2.30. The molecular weight excluding hydrogens is 267 g/mol. The average molecular weight is 281 g/mol. The number of nitrogens with zero attached hydrogens (tertiary/aromatic N) is 3. The minimum atomic E-state index is -4.26. The Kier molecular flexibility index (Phi) is 4.22. The first kappa shape index (κ1) is 14.3. The molecule has 0 aliphatic carbocycles. The molecule has 0 saturated carbocycles. The highest BCUT2D eigenvalue weighted by atomic mass is 19.4. The Morgan fingerprint density at radius 2 is 1.80 bits per heavy atom. The van der Waals surface area contributed by atoms with Crippen LogP contribution in [-0.2, 0) is 0 Å². The average Bonchev–Trinajstić information content (AvgIpc) is 2.45. The third-order valence-electron chi connectivity index (χ3n) is 2.80. The van der Waals surface area contributed by atoms with Crippen LogP contribution in [0.1, 0.15) is 6.92 Å². The van der Waals surface area contributed by atoms with Gasteiger partial charge in [-0.05, 0) is 6.92 Å². The lowest BCUT2D eigenvalue weighted by atomic mass is 10.1. The molecule has 0 atom stereocenters. The second kappa shape index (κ2) is 5.90. The summed E-state index contributed by atoms with van der Waals surface area (Å²) in [5.74, 6) is 0.277. The van der Waals surface area contributed by atoms with E-state index < -0.39 is 12.7 Å². The van der Waals surface area contributed by atoms with Gasteiger partial charge in [-0.1, -0.05) is 30.3 Å². The Bertz CT molecular complexity index is 555. The summed E-state index contributed by atoms with van der Waals surface area (Å²) in [5, 5.41) is 0. The summed E-state index contributed by atoms with van der Waals surface area (Å²) >= 11 is 0. The number of aromatic nitrogens is 2. The van der Waals surface area contributed by atoms with Crippen LogP contribution in [0.4, 0.5) is 19.0 Å². The Hall–Kier alpha value is -2.11. The molecule has 6 heteroatoms. The van der Waals surface area contributed by atoms with Crippen LogP contribution in [0.2, 0.25) is 0 Å². The SMILES string of the molecule is CCN(CC(F)(F)F)c1cc(-c2ccccc2)ncn1. The summed E-state index contributed by atoms with van der Waals surface area (Å²) in [7, 11) is 0. The topological polar surface area (TPSA) is 29.0 Å². The van der Waals surface area contributed by atoms with Crippen molar-refractivity contribution in [3.63, 3.8) is 0 Å². The molecule has 0 N–H and O–H groups in total. The lowest BCUT2D eigenvalue weighted by Gasteiger charge is -2.23. The van der Waals surface area contributed by atoms with Crippen LogP contribution in [0, 0.1) is 0 Å².